The Balaban J connectivity index is 3.01. The Bertz CT molecular complexity index is 655. The van der Waals surface area contributed by atoms with Gasteiger partial charge in [0.2, 0.25) is 11.8 Å². The molecule has 1 aromatic rings. The Labute approximate surface area is 159 Å². The molecule has 4 N–H and O–H groups in total. The number of aliphatic hydroxyl groups is 1. The Morgan fingerprint density at radius 3 is 2.22 bits per heavy atom. The molecule has 27 heavy (non-hydrogen) atoms. The first-order valence-corrected chi connectivity index (χ1v) is 8.86. The molecule has 0 saturated carbocycles. The molecular formula is C19H29N3O5. The van der Waals surface area contributed by atoms with Gasteiger partial charge in [0.25, 0.3) is 0 Å². The van der Waals surface area contributed by atoms with Crippen LogP contribution >= 0.6 is 0 Å². The van der Waals surface area contributed by atoms with Crippen molar-refractivity contribution < 1.29 is 24.6 Å². The lowest BCUT2D eigenvalue weighted by Gasteiger charge is -2.32. The Kier molecular flexibility index (Phi) is 7.90. The molecule has 8 heteroatoms. The number of anilines is 1. The first kappa shape index (κ1) is 22.6. The summed E-state index contributed by atoms with van der Waals surface area (Å²) < 4.78 is 0. The molecule has 0 fully saturated rings. The molecule has 8 nitrogen and oxygen atoms in total. The standard InChI is InChI=1S/C19H29N3O5/c1-11(2)10-12(14(23)18(26)27)16(24)22-15(19(3,4)5)17(25)21-13-8-6-7-9-20-13/h6-9,11-12,14-15,23H,10H2,1-5H3,(H,22,24)(H,26,27)(H,20,21,25)/t12-,14?,15-/m1/s1. The molecule has 2 amide bonds. The summed E-state index contributed by atoms with van der Waals surface area (Å²) in [7, 11) is 0. The number of hydrogen-bond acceptors (Lipinski definition) is 5. The second-order valence-electron chi connectivity index (χ2n) is 8.03. The molecule has 1 rings (SSSR count). The summed E-state index contributed by atoms with van der Waals surface area (Å²) in [6, 6.07) is 4.11. The van der Waals surface area contributed by atoms with Crippen LogP contribution in [0.1, 0.15) is 41.0 Å². The monoisotopic (exact) mass is 379 g/mol. The molecule has 1 unspecified atom stereocenters. The first-order chi connectivity index (χ1) is 12.4. The molecule has 150 valence electrons. The second-order valence-corrected chi connectivity index (χ2v) is 8.03. The van der Waals surface area contributed by atoms with Crippen molar-refractivity contribution in [2.45, 2.75) is 53.2 Å². The zero-order chi connectivity index (χ0) is 20.8. The number of aromatic nitrogens is 1. The molecule has 1 aromatic heterocycles. The maximum atomic E-state index is 12.7. The third-order valence-corrected chi connectivity index (χ3v) is 4.03. The number of nitrogens with one attached hydrogen (secondary N) is 2. The largest absolute Gasteiger partial charge is 0.479 e. The van der Waals surface area contributed by atoms with Crippen LogP contribution in [0, 0.1) is 17.3 Å². The number of hydrogen-bond donors (Lipinski definition) is 4. The van der Waals surface area contributed by atoms with Gasteiger partial charge >= 0.3 is 5.97 Å². The van der Waals surface area contributed by atoms with Crippen LogP contribution in [0.15, 0.2) is 24.4 Å². The van der Waals surface area contributed by atoms with E-state index in [0.29, 0.717) is 5.82 Å². The lowest BCUT2D eigenvalue weighted by molar-refractivity contribution is -0.154. The highest BCUT2D eigenvalue weighted by molar-refractivity contribution is 5.98. The normalized spacial score (nSPS) is 14.9. The molecule has 0 radical (unpaired) electrons. The predicted octanol–water partition coefficient (Wildman–Crippen LogP) is 1.66. The fourth-order valence-electron chi connectivity index (χ4n) is 2.62. The number of carbonyl (C=O) groups is 3. The third-order valence-electron chi connectivity index (χ3n) is 4.03. The molecular weight excluding hydrogens is 350 g/mol. The highest BCUT2D eigenvalue weighted by Crippen LogP contribution is 2.23. The van der Waals surface area contributed by atoms with Crippen molar-refractivity contribution >= 4 is 23.6 Å². The Morgan fingerprint density at radius 1 is 1.15 bits per heavy atom. The lowest BCUT2D eigenvalue weighted by Crippen LogP contribution is -2.54. The van der Waals surface area contributed by atoms with E-state index in [9.17, 15) is 19.5 Å². The third kappa shape index (κ3) is 6.97. The zero-order valence-electron chi connectivity index (χ0n) is 16.4. The van der Waals surface area contributed by atoms with Crippen molar-refractivity contribution in [3.05, 3.63) is 24.4 Å². The van der Waals surface area contributed by atoms with Gasteiger partial charge in [0.05, 0.1) is 5.92 Å². The van der Waals surface area contributed by atoms with Gasteiger partial charge in [-0.25, -0.2) is 9.78 Å². The summed E-state index contributed by atoms with van der Waals surface area (Å²) >= 11 is 0. The van der Waals surface area contributed by atoms with Crippen molar-refractivity contribution in [2.24, 2.45) is 17.3 Å². The number of aliphatic hydroxyl groups excluding tert-OH is 1. The van der Waals surface area contributed by atoms with E-state index in [0.717, 1.165) is 0 Å². The van der Waals surface area contributed by atoms with Gasteiger partial charge in [-0.15, -0.1) is 0 Å². The van der Waals surface area contributed by atoms with Gasteiger partial charge in [-0.3, -0.25) is 9.59 Å². The quantitative estimate of drug-likeness (QED) is 0.544. The van der Waals surface area contributed by atoms with Crippen LogP contribution in [0.2, 0.25) is 0 Å². The van der Waals surface area contributed by atoms with Crippen molar-refractivity contribution in [1.82, 2.24) is 10.3 Å². The van der Waals surface area contributed by atoms with Crippen LogP contribution in [-0.2, 0) is 14.4 Å². The van der Waals surface area contributed by atoms with Crippen molar-refractivity contribution in [1.29, 1.82) is 0 Å². The van der Waals surface area contributed by atoms with E-state index >= 15 is 0 Å². The van der Waals surface area contributed by atoms with Crippen LogP contribution in [-0.4, -0.2) is 45.1 Å². The van der Waals surface area contributed by atoms with E-state index in [2.05, 4.69) is 15.6 Å². The number of aliphatic carboxylic acids is 1. The second kappa shape index (κ2) is 9.45. The Morgan fingerprint density at radius 2 is 1.78 bits per heavy atom. The van der Waals surface area contributed by atoms with Gasteiger partial charge in [-0.1, -0.05) is 40.7 Å². The molecule has 0 aromatic carbocycles. The number of nitrogens with zero attached hydrogens (tertiary/aromatic N) is 1. The molecule has 1 heterocycles. The lowest BCUT2D eigenvalue weighted by atomic mass is 9.84. The SMILES string of the molecule is CC(C)C[C@@H](C(=O)N[C@H](C(=O)Nc1ccccn1)C(C)(C)C)C(O)C(=O)O. The first-order valence-electron chi connectivity index (χ1n) is 8.86. The van der Waals surface area contributed by atoms with Gasteiger partial charge in [0.15, 0.2) is 6.10 Å². The molecule has 0 aliphatic heterocycles. The molecule has 0 aliphatic carbocycles. The summed E-state index contributed by atoms with van der Waals surface area (Å²) in [5.74, 6) is -3.44. The van der Waals surface area contributed by atoms with Crippen LogP contribution in [0.3, 0.4) is 0 Å². The number of carbonyl (C=O) groups excluding carboxylic acids is 2. The average Bonchev–Trinajstić information content (AvgIpc) is 2.56. The van der Waals surface area contributed by atoms with Crippen molar-refractivity contribution in [2.75, 3.05) is 5.32 Å². The smallest absolute Gasteiger partial charge is 0.333 e. The predicted molar refractivity (Wildman–Crippen MR) is 101 cm³/mol. The van der Waals surface area contributed by atoms with Crippen molar-refractivity contribution in [3.63, 3.8) is 0 Å². The fraction of sp³-hybridized carbons (Fsp3) is 0.579. The summed E-state index contributed by atoms with van der Waals surface area (Å²) in [6.07, 6.45) is -0.132. The van der Waals surface area contributed by atoms with E-state index in [1.807, 2.05) is 13.8 Å². The fourth-order valence-corrected chi connectivity index (χ4v) is 2.62. The molecule has 0 aliphatic rings. The zero-order valence-corrected chi connectivity index (χ0v) is 16.4. The number of carboxylic acids is 1. The highest BCUT2D eigenvalue weighted by atomic mass is 16.4. The summed E-state index contributed by atoms with van der Waals surface area (Å²) in [5.41, 5.74) is -0.648. The highest BCUT2D eigenvalue weighted by Gasteiger charge is 2.38. The van der Waals surface area contributed by atoms with E-state index in [4.69, 9.17) is 5.11 Å². The minimum atomic E-state index is -1.84. The topological polar surface area (TPSA) is 129 Å². The minimum Gasteiger partial charge on any atom is -0.479 e. The van der Waals surface area contributed by atoms with Crippen LogP contribution < -0.4 is 10.6 Å². The summed E-state index contributed by atoms with van der Waals surface area (Å²) in [6.45, 7) is 8.98. The van der Waals surface area contributed by atoms with Crippen LogP contribution in [0.5, 0.6) is 0 Å². The van der Waals surface area contributed by atoms with Gasteiger partial charge in [-0.05, 0) is 29.9 Å². The van der Waals surface area contributed by atoms with Crippen molar-refractivity contribution in [3.8, 4) is 0 Å². The molecule has 0 spiro atoms. The van der Waals surface area contributed by atoms with Gasteiger partial charge in [0, 0.05) is 6.20 Å². The van der Waals surface area contributed by atoms with Gasteiger partial charge in [0.1, 0.15) is 11.9 Å². The number of carboxylic acid groups (broad SMARTS) is 1. The van der Waals surface area contributed by atoms with Gasteiger partial charge < -0.3 is 20.8 Å². The number of rotatable bonds is 8. The maximum Gasteiger partial charge on any atom is 0.333 e. The van der Waals surface area contributed by atoms with Gasteiger partial charge in [-0.2, -0.15) is 0 Å². The summed E-state index contributed by atoms with van der Waals surface area (Å²) in [4.78, 5) is 40.6. The minimum absolute atomic E-state index is 0.00909. The van der Waals surface area contributed by atoms with E-state index in [1.165, 1.54) is 6.20 Å². The molecule has 3 atom stereocenters. The molecule has 0 saturated heterocycles. The van der Waals surface area contributed by atoms with E-state index < -0.39 is 41.3 Å². The number of pyridine rings is 1. The molecule has 0 bridgehead atoms. The Hall–Kier alpha value is -2.48. The maximum absolute atomic E-state index is 12.7. The summed E-state index contributed by atoms with van der Waals surface area (Å²) in [5, 5.41) is 24.3. The average molecular weight is 379 g/mol. The van der Waals surface area contributed by atoms with Crippen LogP contribution in [0.25, 0.3) is 0 Å². The van der Waals surface area contributed by atoms with E-state index in [-0.39, 0.29) is 12.3 Å². The van der Waals surface area contributed by atoms with E-state index in [1.54, 1.807) is 39.0 Å². The number of amides is 2. The van der Waals surface area contributed by atoms with Crippen LogP contribution in [0.4, 0.5) is 5.82 Å².